The third-order valence-electron chi connectivity index (χ3n) is 3.80. The van der Waals surface area contributed by atoms with Gasteiger partial charge in [0.1, 0.15) is 5.69 Å². The van der Waals surface area contributed by atoms with E-state index in [1.54, 1.807) is 30.3 Å². The van der Waals surface area contributed by atoms with Crippen molar-refractivity contribution in [2.45, 2.75) is 20.8 Å². The molecule has 0 fully saturated rings. The van der Waals surface area contributed by atoms with Gasteiger partial charge in [0.15, 0.2) is 0 Å². The Hall–Kier alpha value is -2.92. The average molecular weight is 367 g/mol. The Morgan fingerprint density at radius 3 is 2.54 bits per heavy atom. The Balaban J connectivity index is 1.84. The maximum atomic E-state index is 12.5. The Morgan fingerprint density at radius 2 is 1.81 bits per heavy atom. The second kappa shape index (κ2) is 7.54. The van der Waals surface area contributed by atoms with E-state index in [2.05, 4.69) is 26.7 Å². The van der Waals surface area contributed by atoms with E-state index in [1.165, 1.54) is 5.56 Å². The zero-order chi connectivity index (χ0) is 18.7. The van der Waals surface area contributed by atoms with Crippen LogP contribution in [0.4, 0.5) is 17.3 Å². The van der Waals surface area contributed by atoms with Crippen molar-refractivity contribution < 1.29 is 4.79 Å². The highest BCUT2D eigenvalue weighted by Crippen LogP contribution is 2.20. The summed E-state index contributed by atoms with van der Waals surface area (Å²) in [7, 11) is 0. The normalized spacial score (nSPS) is 10.5. The number of aromatic nitrogens is 2. The molecule has 6 heteroatoms. The number of carbonyl (C=O) groups is 1. The summed E-state index contributed by atoms with van der Waals surface area (Å²) in [6.07, 6.45) is 0. The van der Waals surface area contributed by atoms with Gasteiger partial charge in [0.25, 0.3) is 5.91 Å². The van der Waals surface area contributed by atoms with Crippen LogP contribution in [0.5, 0.6) is 0 Å². The van der Waals surface area contributed by atoms with Gasteiger partial charge in [-0.3, -0.25) is 4.79 Å². The molecule has 2 aromatic carbocycles. The summed E-state index contributed by atoms with van der Waals surface area (Å²) in [4.78, 5) is 21.2. The minimum Gasteiger partial charge on any atom is -0.324 e. The molecule has 3 aromatic rings. The maximum absolute atomic E-state index is 12.5. The molecular formula is C20H19ClN4O. The van der Waals surface area contributed by atoms with Crippen LogP contribution >= 0.6 is 11.6 Å². The number of nitrogens with zero attached hydrogens (tertiary/aromatic N) is 2. The number of hydrogen-bond donors (Lipinski definition) is 2. The monoisotopic (exact) mass is 366 g/mol. The van der Waals surface area contributed by atoms with E-state index >= 15 is 0 Å². The Bertz CT molecular complexity index is 972. The van der Waals surface area contributed by atoms with Crippen LogP contribution in [0.15, 0.2) is 48.5 Å². The summed E-state index contributed by atoms with van der Waals surface area (Å²) >= 11 is 5.95. The van der Waals surface area contributed by atoms with E-state index in [4.69, 9.17) is 11.6 Å². The van der Waals surface area contributed by atoms with Crippen molar-refractivity contribution in [3.63, 3.8) is 0 Å². The van der Waals surface area contributed by atoms with E-state index in [0.29, 0.717) is 22.4 Å². The number of hydrogen-bond acceptors (Lipinski definition) is 4. The van der Waals surface area contributed by atoms with Crippen LogP contribution in [0.1, 0.15) is 27.3 Å². The van der Waals surface area contributed by atoms with Gasteiger partial charge in [-0.2, -0.15) is 0 Å². The van der Waals surface area contributed by atoms with Crippen LogP contribution in [-0.2, 0) is 0 Å². The number of amides is 1. The van der Waals surface area contributed by atoms with Crippen LogP contribution in [0.3, 0.4) is 0 Å². The van der Waals surface area contributed by atoms with Gasteiger partial charge in [-0.05, 0) is 56.7 Å². The van der Waals surface area contributed by atoms with Gasteiger partial charge < -0.3 is 10.6 Å². The largest absolute Gasteiger partial charge is 0.324 e. The molecule has 0 radical (unpaired) electrons. The first-order valence-corrected chi connectivity index (χ1v) is 8.55. The van der Waals surface area contributed by atoms with Crippen LogP contribution in [0.2, 0.25) is 5.02 Å². The minimum absolute atomic E-state index is 0.282. The molecule has 3 rings (SSSR count). The predicted molar refractivity (Wildman–Crippen MR) is 105 cm³/mol. The molecule has 0 spiro atoms. The molecule has 0 bridgehead atoms. The van der Waals surface area contributed by atoms with Crippen LogP contribution in [-0.4, -0.2) is 15.9 Å². The molecule has 5 nitrogen and oxygen atoms in total. The van der Waals surface area contributed by atoms with Crippen molar-refractivity contribution in [3.8, 4) is 0 Å². The van der Waals surface area contributed by atoms with Gasteiger partial charge in [-0.1, -0.05) is 35.4 Å². The van der Waals surface area contributed by atoms with Gasteiger partial charge >= 0.3 is 0 Å². The van der Waals surface area contributed by atoms with Crippen molar-refractivity contribution in [2.75, 3.05) is 10.6 Å². The van der Waals surface area contributed by atoms with Crippen LogP contribution < -0.4 is 10.6 Å². The van der Waals surface area contributed by atoms with Crippen molar-refractivity contribution in [2.24, 2.45) is 0 Å². The highest BCUT2D eigenvalue weighted by atomic mass is 35.5. The van der Waals surface area contributed by atoms with E-state index in [0.717, 1.165) is 11.3 Å². The molecule has 0 saturated heterocycles. The average Bonchev–Trinajstić information content (AvgIpc) is 2.57. The number of benzene rings is 2. The molecule has 0 aliphatic rings. The number of anilines is 3. The molecule has 1 aromatic heterocycles. The summed E-state index contributed by atoms with van der Waals surface area (Å²) in [5, 5.41) is 6.53. The standard InChI is InChI=1S/C20H19ClN4O/c1-12-7-8-17(13(2)9-12)24-20-22-14(3)10-18(25-20)19(26)23-16-6-4-5-15(21)11-16/h4-11H,1-3H3,(H,23,26)(H,22,24,25). The lowest BCUT2D eigenvalue weighted by Gasteiger charge is -2.11. The Morgan fingerprint density at radius 1 is 1.00 bits per heavy atom. The van der Waals surface area contributed by atoms with E-state index in [9.17, 15) is 4.79 Å². The lowest BCUT2D eigenvalue weighted by Crippen LogP contribution is -2.15. The molecule has 1 amide bonds. The molecule has 1 heterocycles. The fraction of sp³-hybridized carbons (Fsp3) is 0.150. The molecule has 0 unspecified atom stereocenters. The zero-order valence-corrected chi connectivity index (χ0v) is 15.6. The van der Waals surface area contributed by atoms with Gasteiger partial charge in [0, 0.05) is 22.1 Å². The number of carbonyl (C=O) groups excluding carboxylic acids is 1. The summed E-state index contributed by atoms with van der Waals surface area (Å²) in [5.74, 6) is 0.0645. The summed E-state index contributed by atoms with van der Waals surface area (Å²) in [6.45, 7) is 5.88. The highest BCUT2D eigenvalue weighted by molar-refractivity contribution is 6.30. The molecule has 0 aliphatic heterocycles. The number of rotatable bonds is 4. The van der Waals surface area contributed by atoms with Crippen molar-refractivity contribution >= 4 is 34.8 Å². The summed E-state index contributed by atoms with van der Waals surface area (Å²) in [6, 6.07) is 14.7. The quantitative estimate of drug-likeness (QED) is 0.678. The predicted octanol–water partition coefficient (Wildman–Crippen LogP) is 5.05. The Labute approximate surface area is 157 Å². The summed E-state index contributed by atoms with van der Waals surface area (Å²) in [5.41, 5.74) is 4.76. The van der Waals surface area contributed by atoms with E-state index in [-0.39, 0.29) is 11.6 Å². The molecule has 132 valence electrons. The first kappa shape index (κ1) is 17.9. The Kier molecular flexibility index (Phi) is 5.19. The van der Waals surface area contributed by atoms with E-state index in [1.807, 2.05) is 32.9 Å². The number of nitrogens with one attached hydrogen (secondary N) is 2. The molecule has 0 atom stereocenters. The lowest BCUT2D eigenvalue weighted by molar-refractivity contribution is 0.102. The first-order valence-electron chi connectivity index (χ1n) is 8.17. The maximum Gasteiger partial charge on any atom is 0.274 e. The topological polar surface area (TPSA) is 66.9 Å². The highest BCUT2D eigenvalue weighted by Gasteiger charge is 2.12. The third-order valence-corrected chi connectivity index (χ3v) is 4.03. The molecular weight excluding hydrogens is 348 g/mol. The van der Waals surface area contributed by atoms with Crippen molar-refractivity contribution in [1.29, 1.82) is 0 Å². The van der Waals surface area contributed by atoms with Gasteiger partial charge in [-0.15, -0.1) is 0 Å². The SMILES string of the molecule is Cc1ccc(Nc2nc(C)cc(C(=O)Nc3cccc(Cl)c3)n2)c(C)c1. The fourth-order valence-corrected chi connectivity index (χ4v) is 2.77. The molecule has 26 heavy (non-hydrogen) atoms. The van der Waals surface area contributed by atoms with Crippen LogP contribution in [0.25, 0.3) is 0 Å². The van der Waals surface area contributed by atoms with E-state index < -0.39 is 0 Å². The number of halogens is 1. The second-order valence-corrected chi connectivity index (χ2v) is 6.56. The fourth-order valence-electron chi connectivity index (χ4n) is 2.58. The van der Waals surface area contributed by atoms with Gasteiger partial charge in [-0.25, -0.2) is 9.97 Å². The molecule has 0 saturated carbocycles. The second-order valence-electron chi connectivity index (χ2n) is 6.13. The zero-order valence-electron chi connectivity index (χ0n) is 14.8. The molecule has 0 aliphatic carbocycles. The van der Waals surface area contributed by atoms with Gasteiger partial charge in [0.05, 0.1) is 0 Å². The smallest absolute Gasteiger partial charge is 0.274 e. The molecule has 2 N–H and O–H groups in total. The van der Waals surface area contributed by atoms with Crippen molar-refractivity contribution in [1.82, 2.24) is 9.97 Å². The third kappa shape index (κ3) is 4.37. The number of aryl methyl sites for hydroxylation is 3. The summed E-state index contributed by atoms with van der Waals surface area (Å²) < 4.78 is 0. The minimum atomic E-state index is -0.318. The van der Waals surface area contributed by atoms with Crippen molar-refractivity contribution in [3.05, 3.63) is 76.1 Å². The van der Waals surface area contributed by atoms with Gasteiger partial charge in [0.2, 0.25) is 5.95 Å². The lowest BCUT2D eigenvalue weighted by atomic mass is 10.1. The first-order chi connectivity index (χ1) is 12.4. The van der Waals surface area contributed by atoms with Crippen LogP contribution in [0, 0.1) is 20.8 Å².